The molecule has 4 heteroatoms. The van der Waals surface area contributed by atoms with E-state index in [-0.39, 0.29) is 24.2 Å². The zero-order chi connectivity index (χ0) is 27.4. The zero-order valence-corrected chi connectivity index (χ0v) is 23.3. The molecule has 4 aromatic carbocycles. The first-order chi connectivity index (χ1) is 19.8. The van der Waals surface area contributed by atoms with Crippen molar-refractivity contribution >= 4 is 0 Å². The van der Waals surface area contributed by atoms with Crippen LogP contribution in [0.1, 0.15) is 35.6 Å². The van der Waals surface area contributed by atoms with E-state index in [9.17, 15) is 0 Å². The van der Waals surface area contributed by atoms with E-state index < -0.39 is 0 Å². The number of benzene rings is 4. The molecule has 0 aliphatic heterocycles. The smallest absolute Gasteiger partial charge is 0.111 e. The zero-order valence-electron chi connectivity index (χ0n) is 23.3. The van der Waals surface area contributed by atoms with Gasteiger partial charge in [-0.1, -0.05) is 128 Å². The number of ether oxygens (including phenoxy) is 4. The molecule has 208 valence electrons. The Morgan fingerprint density at radius 3 is 1.38 bits per heavy atom. The second kappa shape index (κ2) is 14.9. The van der Waals surface area contributed by atoms with Gasteiger partial charge in [-0.25, -0.2) is 0 Å². The first-order valence-corrected chi connectivity index (χ1v) is 14.3. The highest BCUT2D eigenvalue weighted by Gasteiger charge is 2.45. The van der Waals surface area contributed by atoms with Crippen LogP contribution in [0.5, 0.6) is 0 Å². The van der Waals surface area contributed by atoms with E-state index in [0.29, 0.717) is 39.0 Å². The summed E-state index contributed by atoms with van der Waals surface area (Å²) in [5.74, 6) is 0.513. The minimum Gasteiger partial charge on any atom is -0.376 e. The van der Waals surface area contributed by atoms with Crippen LogP contribution < -0.4 is 0 Å². The summed E-state index contributed by atoms with van der Waals surface area (Å²) in [5.41, 5.74) is 4.62. The molecule has 0 unspecified atom stereocenters. The van der Waals surface area contributed by atoms with Gasteiger partial charge in [-0.15, -0.1) is 0 Å². The molecule has 1 aliphatic carbocycles. The van der Waals surface area contributed by atoms with Gasteiger partial charge in [0.2, 0.25) is 0 Å². The maximum atomic E-state index is 6.75. The summed E-state index contributed by atoms with van der Waals surface area (Å²) in [5, 5.41) is 0. The van der Waals surface area contributed by atoms with Crippen molar-refractivity contribution in [2.24, 2.45) is 11.8 Å². The lowest BCUT2D eigenvalue weighted by Gasteiger charge is -2.45. The highest BCUT2D eigenvalue weighted by molar-refractivity contribution is 5.16. The molecule has 0 bridgehead atoms. The summed E-state index contributed by atoms with van der Waals surface area (Å²) in [7, 11) is 0. The van der Waals surface area contributed by atoms with Gasteiger partial charge in [-0.3, -0.25) is 0 Å². The van der Waals surface area contributed by atoms with Gasteiger partial charge in [0.25, 0.3) is 0 Å². The molecule has 40 heavy (non-hydrogen) atoms. The minimum absolute atomic E-state index is 0.0925. The summed E-state index contributed by atoms with van der Waals surface area (Å²) in [6.07, 6.45) is 0.389. The van der Waals surface area contributed by atoms with Crippen molar-refractivity contribution in [1.29, 1.82) is 0 Å². The van der Waals surface area contributed by atoms with Crippen molar-refractivity contribution in [2.75, 3.05) is 6.61 Å². The molecule has 0 radical (unpaired) electrons. The third-order valence-electron chi connectivity index (χ3n) is 7.75. The van der Waals surface area contributed by atoms with Crippen LogP contribution in [0.25, 0.3) is 0 Å². The Hall–Kier alpha value is -3.28. The van der Waals surface area contributed by atoms with Crippen LogP contribution in [0.2, 0.25) is 0 Å². The van der Waals surface area contributed by atoms with E-state index in [1.807, 2.05) is 24.3 Å². The molecule has 0 aromatic heterocycles. The Bertz CT molecular complexity index is 1230. The highest BCUT2D eigenvalue weighted by Crippen LogP contribution is 2.37. The lowest BCUT2D eigenvalue weighted by atomic mass is 9.75. The Morgan fingerprint density at radius 1 is 0.500 bits per heavy atom. The van der Waals surface area contributed by atoms with Crippen molar-refractivity contribution in [2.45, 2.75) is 58.1 Å². The minimum atomic E-state index is -0.228. The molecule has 1 saturated carbocycles. The van der Waals surface area contributed by atoms with Gasteiger partial charge >= 0.3 is 0 Å². The normalized spacial score (nSPS) is 22.7. The van der Waals surface area contributed by atoms with Gasteiger partial charge in [0, 0.05) is 5.92 Å². The SMILES string of the molecule is C[C@H]1C[C@H](OCc2ccccc2)[C@@H](OCc2ccccc2)[C@@H](OCc2ccccc2)[C@H]1COCc1ccccc1. The van der Waals surface area contributed by atoms with E-state index in [0.717, 1.165) is 23.1 Å². The second-order valence-electron chi connectivity index (χ2n) is 10.7. The van der Waals surface area contributed by atoms with Crippen molar-refractivity contribution in [3.63, 3.8) is 0 Å². The van der Waals surface area contributed by atoms with Crippen LogP contribution >= 0.6 is 0 Å². The van der Waals surface area contributed by atoms with Crippen molar-refractivity contribution in [1.82, 2.24) is 0 Å². The van der Waals surface area contributed by atoms with Gasteiger partial charge in [0.05, 0.1) is 45.2 Å². The Morgan fingerprint density at radius 2 is 0.900 bits per heavy atom. The van der Waals surface area contributed by atoms with Crippen LogP contribution in [0, 0.1) is 11.8 Å². The van der Waals surface area contributed by atoms with Gasteiger partial charge < -0.3 is 18.9 Å². The van der Waals surface area contributed by atoms with Crippen LogP contribution in [0.4, 0.5) is 0 Å². The largest absolute Gasteiger partial charge is 0.376 e. The Balaban J connectivity index is 1.36. The van der Waals surface area contributed by atoms with Crippen molar-refractivity contribution in [3.8, 4) is 0 Å². The summed E-state index contributed by atoms with van der Waals surface area (Å²) < 4.78 is 26.4. The molecule has 4 aromatic rings. The molecule has 0 heterocycles. The average molecular weight is 537 g/mol. The molecule has 5 atom stereocenters. The van der Waals surface area contributed by atoms with E-state index in [1.54, 1.807) is 0 Å². The lowest BCUT2D eigenvalue weighted by molar-refractivity contribution is -0.206. The molecule has 4 nitrogen and oxygen atoms in total. The fraction of sp³-hybridized carbons (Fsp3) is 0.333. The Kier molecular flexibility index (Phi) is 10.5. The van der Waals surface area contributed by atoms with E-state index in [2.05, 4.69) is 104 Å². The van der Waals surface area contributed by atoms with Crippen LogP contribution in [0.15, 0.2) is 121 Å². The fourth-order valence-corrected chi connectivity index (χ4v) is 5.49. The van der Waals surface area contributed by atoms with E-state index >= 15 is 0 Å². The molecule has 5 rings (SSSR count). The van der Waals surface area contributed by atoms with Gasteiger partial charge in [0.15, 0.2) is 0 Å². The first kappa shape index (κ1) is 28.3. The molecule has 0 spiro atoms. The second-order valence-corrected chi connectivity index (χ2v) is 10.7. The topological polar surface area (TPSA) is 36.9 Å². The van der Waals surface area contributed by atoms with E-state index in [1.165, 1.54) is 5.56 Å². The molecule has 1 fully saturated rings. The summed E-state index contributed by atoms with van der Waals surface area (Å²) >= 11 is 0. The van der Waals surface area contributed by atoms with Gasteiger partial charge in [-0.2, -0.15) is 0 Å². The number of rotatable bonds is 13. The molecule has 0 saturated heterocycles. The van der Waals surface area contributed by atoms with Gasteiger partial charge in [0.1, 0.15) is 6.10 Å². The van der Waals surface area contributed by atoms with Crippen LogP contribution in [-0.2, 0) is 45.4 Å². The summed E-state index contributed by atoms with van der Waals surface area (Å²) in [6.45, 7) is 5.05. The maximum absolute atomic E-state index is 6.75. The van der Waals surface area contributed by atoms with Gasteiger partial charge in [-0.05, 0) is 34.6 Å². The monoisotopic (exact) mass is 536 g/mol. The van der Waals surface area contributed by atoms with Crippen molar-refractivity contribution in [3.05, 3.63) is 144 Å². The summed E-state index contributed by atoms with van der Waals surface area (Å²) in [4.78, 5) is 0. The third kappa shape index (κ3) is 8.12. The Labute approximate surface area is 238 Å². The predicted molar refractivity (Wildman–Crippen MR) is 158 cm³/mol. The molecule has 0 amide bonds. The molecule has 1 aliphatic rings. The lowest BCUT2D eigenvalue weighted by Crippen LogP contribution is -2.54. The fourth-order valence-electron chi connectivity index (χ4n) is 5.49. The number of hydrogen-bond acceptors (Lipinski definition) is 4. The first-order valence-electron chi connectivity index (χ1n) is 14.3. The maximum Gasteiger partial charge on any atom is 0.111 e. The highest BCUT2D eigenvalue weighted by atomic mass is 16.6. The molecular formula is C36H40O4. The quantitative estimate of drug-likeness (QED) is 0.176. The number of hydrogen-bond donors (Lipinski definition) is 0. The predicted octanol–water partition coefficient (Wildman–Crippen LogP) is 7.62. The van der Waals surface area contributed by atoms with Crippen LogP contribution in [0.3, 0.4) is 0 Å². The van der Waals surface area contributed by atoms with Crippen LogP contribution in [-0.4, -0.2) is 24.9 Å². The standard InChI is InChI=1S/C36H40O4/c1-28-22-34(38-24-30-16-8-3-9-17-30)36(40-26-32-20-12-5-13-21-32)35(39-25-31-18-10-4-11-19-31)33(28)27-37-23-29-14-6-2-7-15-29/h2-21,28,33-36H,22-27H2,1H3/t28-,33-,34-,35-,36+/m0/s1. The third-order valence-corrected chi connectivity index (χ3v) is 7.75. The van der Waals surface area contributed by atoms with E-state index in [4.69, 9.17) is 18.9 Å². The summed E-state index contributed by atoms with van der Waals surface area (Å²) in [6, 6.07) is 41.4. The molecular weight excluding hydrogens is 496 g/mol. The molecule has 0 N–H and O–H groups in total. The van der Waals surface area contributed by atoms with Crippen molar-refractivity contribution < 1.29 is 18.9 Å². The average Bonchev–Trinajstić information content (AvgIpc) is 3.01.